The van der Waals surface area contributed by atoms with Gasteiger partial charge in [0.05, 0.1) is 12.1 Å². The van der Waals surface area contributed by atoms with E-state index in [4.69, 9.17) is 4.74 Å². The van der Waals surface area contributed by atoms with E-state index in [1.54, 1.807) is 6.07 Å². The Hall–Kier alpha value is -1.87. The quantitative estimate of drug-likeness (QED) is 0.888. The zero-order valence-electron chi connectivity index (χ0n) is 13.0. The third-order valence-electron chi connectivity index (χ3n) is 3.25. The lowest BCUT2D eigenvalue weighted by Gasteiger charge is -2.19. The van der Waals surface area contributed by atoms with Crippen molar-refractivity contribution in [3.63, 3.8) is 0 Å². The molecule has 0 spiro atoms. The molecule has 3 heteroatoms. The molecule has 2 aromatic carbocycles. The van der Waals surface area contributed by atoms with Crippen LogP contribution in [0.25, 0.3) is 0 Å². The van der Waals surface area contributed by atoms with Gasteiger partial charge in [-0.05, 0) is 68.8 Å². The monoisotopic (exact) mass is 287 g/mol. The first-order valence-electron chi connectivity index (χ1n) is 7.20. The largest absolute Gasteiger partial charge is 0.491 e. The Morgan fingerprint density at radius 1 is 1.05 bits per heavy atom. The lowest BCUT2D eigenvalue weighted by molar-refractivity contribution is 0.242. The Bertz CT molecular complexity index is 590. The maximum absolute atomic E-state index is 13.6. The molecule has 2 rings (SSSR count). The van der Waals surface area contributed by atoms with Crippen molar-refractivity contribution in [2.75, 3.05) is 7.05 Å². The van der Waals surface area contributed by atoms with Gasteiger partial charge in [0, 0.05) is 0 Å². The van der Waals surface area contributed by atoms with Crippen molar-refractivity contribution in [3.8, 4) is 5.75 Å². The summed E-state index contributed by atoms with van der Waals surface area (Å²) in [6.07, 6.45) is 0.129. The van der Waals surface area contributed by atoms with Gasteiger partial charge in [-0.25, -0.2) is 4.39 Å². The van der Waals surface area contributed by atoms with Crippen LogP contribution in [-0.4, -0.2) is 13.2 Å². The molecule has 2 nitrogen and oxygen atoms in total. The standard InChI is InChI=1S/C18H22FNO/c1-12(2)21-17-7-5-6-14(11-17)18(20-4)15-8-13(3)9-16(19)10-15/h5-12,18,20H,1-4H3. The van der Waals surface area contributed by atoms with Gasteiger partial charge in [0.1, 0.15) is 11.6 Å². The van der Waals surface area contributed by atoms with Gasteiger partial charge in [-0.3, -0.25) is 0 Å². The zero-order valence-corrected chi connectivity index (χ0v) is 13.0. The maximum Gasteiger partial charge on any atom is 0.123 e. The molecule has 1 unspecified atom stereocenters. The van der Waals surface area contributed by atoms with E-state index in [9.17, 15) is 4.39 Å². The lowest BCUT2D eigenvalue weighted by Crippen LogP contribution is -2.18. The van der Waals surface area contributed by atoms with E-state index >= 15 is 0 Å². The van der Waals surface area contributed by atoms with Crippen LogP contribution in [-0.2, 0) is 0 Å². The minimum Gasteiger partial charge on any atom is -0.491 e. The van der Waals surface area contributed by atoms with Gasteiger partial charge in [-0.1, -0.05) is 18.2 Å². The first-order valence-corrected chi connectivity index (χ1v) is 7.20. The fourth-order valence-corrected chi connectivity index (χ4v) is 2.50. The van der Waals surface area contributed by atoms with Gasteiger partial charge < -0.3 is 10.1 Å². The zero-order chi connectivity index (χ0) is 15.4. The molecule has 0 aliphatic heterocycles. The Morgan fingerprint density at radius 2 is 1.81 bits per heavy atom. The van der Waals surface area contributed by atoms with Crippen molar-refractivity contribution in [2.24, 2.45) is 0 Å². The summed E-state index contributed by atoms with van der Waals surface area (Å²) in [5.41, 5.74) is 2.89. The molecule has 0 fully saturated rings. The Kier molecular flexibility index (Phi) is 4.97. The number of ether oxygens (including phenoxy) is 1. The highest BCUT2D eigenvalue weighted by Crippen LogP contribution is 2.26. The van der Waals surface area contributed by atoms with E-state index in [1.165, 1.54) is 6.07 Å². The van der Waals surface area contributed by atoms with Crippen molar-refractivity contribution in [1.82, 2.24) is 5.32 Å². The molecule has 0 heterocycles. The molecule has 112 valence electrons. The Balaban J connectivity index is 2.36. The second kappa shape index (κ2) is 6.72. The summed E-state index contributed by atoms with van der Waals surface area (Å²) in [5, 5.41) is 3.25. The molecule has 0 aliphatic rings. The molecule has 0 radical (unpaired) electrons. The molecule has 2 aromatic rings. The molecular weight excluding hydrogens is 265 g/mol. The lowest BCUT2D eigenvalue weighted by atomic mass is 9.97. The first-order chi connectivity index (χ1) is 9.99. The van der Waals surface area contributed by atoms with Crippen LogP contribution in [0.15, 0.2) is 42.5 Å². The maximum atomic E-state index is 13.6. The fourth-order valence-electron chi connectivity index (χ4n) is 2.50. The van der Waals surface area contributed by atoms with E-state index in [0.29, 0.717) is 0 Å². The van der Waals surface area contributed by atoms with Crippen LogP contribution in [0.2, 0.25) is 0 Å². The molecule has 1 N–H and O–H groups in total. The Morgan fingerprint density at radius 3 is 2.43 bits per heavy atom. The first kappa shape index (κ1) is 15.5. The highest BCUT2D eigenvalue weighted by molar-refractivity contribution is 5.38. The van der Waals surface area contributed by atoms with E-state index in [1.807, 2.05) is 58.2 Å². The second-order valence-corrected chi connectivity index (χ2v) is 5.52. The van der Waals surface area contributed by atoms with Crippen molar-refractivity contribution >= 4 is 0 Å². The predicted molar refractivity (Wildman–Crippen MR) is 84.2 cm³/mol. The Labute approximate surface area is 126 Å². The number of aryl methyl sites for hydroxylation is 1. The number of hydrogen-bond acceptors (Lipinski definition) is 2. The van der Waals surface area contributed by atoms with Crippen molar-refractivity contribution in [2.45, 2.75) is 32.9 Å². The van der Waals surface area contributed by atoms with Gasteiger partial charge in [0.25, 0.3) is 0 Å². The third-order valence-corrected chi connectivity index (χ3v) is 3.25. The number of benzene rings is 2. The minimum absolute atomic E-state index is 0.0601. The normalized spacial score (nSPS) is 12.5. The van der Waals surface area contributed by atoms with Crippen LogP contribution >= 0.6 is 0 Å². The van der Waals surface area contributed by atoms with Crippen LogP contribution in [0.3, 0.4) is 0 Å². The van der Waals surface area contributed by atoms with Gasteiger partial charge >= 0.3 is 0 Å². The van der Waals surface area contributed by atoms with E-state index in [-0.39, 0.29) is 18.0 Å². The molecule has 1 atom stereocenters. The van der Waals surface area contributed by atoms with Gasteiger partial charge in [0.2, 0.25) is 0 Å². The van der Waals surface area contributed by atoms with E-state index < -0.39 is 0 Å². The summed E-state index contributed by atoms with van der Waals surface area (Å²) >= 11 is 0. The third kappa shape index (κ3) is 4.05. The average molecular weight is 287 g/mol. The van der Waals surface area contributed by atoms with E-state index in [2.05, 4.69) is 5.32 Å². The van der Waals surface area contributed by atoms with Crippen LogP contribution < -0.4 is 10.1 Å². The fraction of sp³-hybridized carbons (Fsp3) is 0.333. The second-order valence-electron chi connectivity index (χ2n) is 5.52. The number of halogens is 1. The summed E-state index contributed by atoms with van der Waals surface area (Å²) in [6.45, 7) is 5.90. The SMILES string of the molecule is CNC(c1cc(C)cc(F)c1)c1cccc(OC(C)C)c1. The summed E-state index contributed by atoms with van der Waals surface area (Å²) in [4.78, 5) is 0. The molecule has 0 amide bonds. The molecule has 0 bridgehead atoms. The number of nitrogens with one attached hydrogen (secondary N) is 1. The van der Waals surface area contributed by atoms with Crippen LogP contribution in [0, 0.1) is 12.7 Å². The van der Waals surface area contributed by atoms with Gasteiger partial charge in [-0.15, -0.1) is 0 Å². The van der Waals surface area contributed by atoms with Gasteiger partial charge in [0.15, 0.2) is 0 Å². The van der Waals surface area contributed by atoms with Crippen molar-refractivity contribution in [1.29, 1.82) is 0 Å². The number of rotatable bonds is 5. The molecule has 0 aromatic heterocycles. The highest BCUT2D eigenvalue weighted by atomic mass is 19.1. The highest BCUT2D eigenvalue weighted by Gasteiger charge is 2.14. The van der Waals surface area contributed by atoms with Gasteiger partial charge in [-0.2, -0.15) is 0 Å². The minimum atomic E-state index is -0.208. The summed E-state index contributed by atoms with van der Waals surface area (Å²) < 4.78 is 19.4. The molecule has 0 saturated carbocycles. The smallest absolute Gasteiger partial charge is 0.123 e. The molecule has 21 heavy (non-hydrogen) atoms. The van der Waals surface area contributed by atoms with Crippen molar-refractivity contribution < 1.29 is 9.13 Å². The summed E-state index contributed by atoms with van der Waals surface area (Å²) in [7, 11) is 1.88. The predicted octanol–water partition coefficient (Wildman–Crippen LogP) is 4.23. The van der Waals surface area contributed by atoms with E-state index in [0.717, 1.165) is 22.4 Å². The van der Waals surface area contributed by atoms with Crippen LogP contribution in [0.4, 0.5) is 4.39 Å². The summed E-state index contributed by atoms with van der Waals surface area (Å²) in [6, 6.07) is 13.0. The molecular formula is C18H22FNO. The topological polar surface area (TPSA) is 21.3 Å². The van der Waals surface area contributed by atoms with Crippen LogP contribution in [0.1, 0.15) is 36.6 Å². The number of hydrogen-bond donors (Lipinski definition) is 1. The summed E-state index contributed by atoms with van der Waals surface area (Å²) in [5.74, 6) is 0.621. The average Bonchev–Trinajstić information content (AvgIpc) is 2.38. The van der Waals surface area contributed by atoms with Crippen LogP contribution in [0.5, 0.6) is 5.75 Å². The molecule has 0 saturated heterocycles. The van der Waals surface area contributed by atoms with Crippen molar-refractivity contribution in [3.05, 3.63) is 65.0 Å². The molecule has 0 aliphatic carbocycles.